The van der Waals surface area contributed by atoms with E-state index in [2.05, 4.69) is 6.58 Å². The highest BCUT2D eigenvalue weighted by Gasteiger charge is 2.14. The van der Waals surface area contributed by atoms with Gasteiger partial charge in [0.05, 0.1) is 4.90 Å². The van der Waals surface area contributed by atoms with Gasteiger partial charge < -0.3 is 9.47 Å². The number of hydrogen-bond acceptors (Lipinski definition) is 4. The van der Waals surface area contributed by atoms with E-state index >= 15 is 0 Å². The van der Waals surface area contributed by atoms with Crippen molar-refractivity contribution >= 4 is 17.7 Å². The van der Waals surface area contributed by atoms with Gasteiger partial charge in [-0.15, -0.1) is 0 Å². The van der Waals surface area contributed by atoms with Crippen LogP contribution in [0.3, 0.4) is 0 Å². The molecular formula is C24H22O3S. The molecular weight excluding hydrogens is 368 g/mol. The summed E-state index contributed by atoms with van der Waals surface area (Å²) in [7, 11) is 0. The molecule has 28 heavy (non-hydrogen) atoms. The van der Waals surface area contributed by atoms with Crippen LogP contribution < -0.4 is 9.47 Å². The monoisotopic (exact) mass is 390 g/mol. The second-order valence-electron chi connectivity index (χ2n) is 6.52. The van der Waals surface area contributed by atoms with Gasteiger partial charge in [-0.2, -0.15) is 0 Å². The zero-order valence-electron chi connectivity index (χ0n) is 16.2. The van der Waals surface area contributed by atoms with Crippen molar-refractivity contribution in [2.45, 2.75) is 30.6 Å². The van der Waals surface area contributed by atoms with E-state index in [1.807, 2.05) is 80.6 Å². The van der Waals surface area contributed by atoms with E-state index in [0.717, 1.165) is 32.4 Å². The maximum atomic E-state index is 11.9. The summed E-state index contributed by atoms with van der Waals surface area (Å²) in [6.45, 7) is 9.15. The lowest BCUT2D eigenvalue weighted by Gasteiger charge is -2.14. The number of para-hydroxylation sites is 2. The largest absolute Gasteiger partial charge is 0.456 e. The highest BCUT2D eigenvalue weighted by atomic mass is 32.2. The lowest BCUT2D eigenvalue weighted by atomic mass is 10.1. The number of carbonyl (C=O) groups is 1. The van der Waals surface area contributed by atoms with Crippen molar-refractivity contribution in [3.05, 3.63) is 90.0 Å². The first kappa shape index (κ1) is 19.8. The van der Waals surface area contributed by atoms with Crippen LogP contribution in [0.5, 0.6) is 17.2 Å². The van der Waals surface area contributed by atoms with Crippen molar-refractivity contribution in [2.24, 2.45) is 0 Å². The zero-order chi connectivity index (χ0) is 20.1. The number of benzene rings is 3. The fourth-order valence-corrected chi connectivity index (χ4v) is 3.75. The summed E-state index contributed by atoms with van der Waals surface area (Å²) in [5, 5.41) is 0. The summed E-state index contributed by atoms with van der Waals surface area (Å²) in [6.07, 6.45) is 0. The summed E-state index contributed by atoms with van der Waals surface area (Å²) in [5.74, 6) is 1.77. The Morgan fingerprint density at radius 1 is 0.929 bits per heavy atom. The molecule has 0 radical (unpaired) electrons. The molecule has 4 heteroatoms. The van der Waals surface area contributed by atoms with Crippen LogP contribution in [0.15, 0.2) is 88.7 Å². The van der Waals surface area contributed by atoms with Crippen LogP contribution >= 0.6 is 11.8 Å². The van der Waals surface area contributed by atoms with Crippen LogP contribution in [0.4, 0.5) is 0 Å². The third kappa shape index (κ3) is 4.84. The molecule has 0 saturated heterocycles. The summed E-state index contributed by atoms with van der Waals surface area (Å²) < 4.78 is 11.5. The lowest BCUT2D eigenvalue weighted by molar-refractivity contribution is -0.130. The topological polar surface area (TPSA) is 35.5 Å². The average Bonchev–Trinajstić information content (AvgIpc) is 2.67. The number of ether oxygens (including phenoxy) is 2. The molecule has 0 aliphatic heterocycles. The zero-order valence-corrected chi connectivity index (χ0v) is 17.0. The molecule has 3 aromatic rings. The summed E-state index contributed by atoms with van der Waals surface area (Å²) in [5.41, 5.74) is 2.18. The predicted molar refractivity (Wildman–Crippen MR) is 113 cm³/mol. The Hall–Kier alpha value is -2.98. The molecule has 3 rings (SSSR count). The van der Waals surface area contributed by atoms with Crippen molar-refractivity contribution in [3.8, 4) is 17.2 Å². The molecule has 0 bridgehead atoms. The van der Waals surface area contributed by atoms with E-state index in [1.165, 1.54) is 0 Å². The Morgan fingerprint density at radius 2 is 1.54 bits per heavy atom. The summed E-state index contributed by atoms with van der Waals surface area (Å²) in [4.78, 5) is 13.9. The molecule has 0 saturated carbocycles. The number of hydrogen-bond donors (Lipinski definition) is 0. The molecule has 0 fully saturated rings. The van der Waals surface area contributed by atoms with E-state index in [-0.39, 0.29) is 0 Å². The first-order chi connectivity index (χ1) is 13.4. The first-order valence-corrected chi connectivity index (χ1v) is 9.74. The second kappa shape index (κ2) is 8.81. The number of aryl methyl sites for hydroxylation is 2. The van der Waals surface area contributed by atoms with Crippen molar-refractivity contribution in [1.82, 2.24) is 0 Å². The Bertz CT molecular complexity index is 986. The van der Waals surface area contributed by atoms with Gasteiger partial charge in [-0.1, -0.05) is 48.7 Å². The molecule has 142 valence electrons. The maximum absolute atomic E-state index is 11.9. The van der Waals surface area contributed by atoms with Crippen LogP contribution in [0.2, 0.25) is 0 Å². The standard InChI is InChI=1S/C24H22O3S/c1-16(2)24(25)27-23-17(3)14-20(15-18(23)4)28-22-13-9-8-12-21(22)26-19-10-6-5-7-11-19/h5-15H,1H2,2-4H3. The van der Waals surface area contributed by atoms with E-state index < -0.39 is 5.97 Å². The molecule has 0 heterocycles. The van der Waals surface area contributed by atoms with Crippen LogP contribution in [0.25, 0.3) is 0 Å². The number of carbonyl (C=O) groups excluding carboxylic acids is 1. The minimum atomic E-state index is -0.409. The van der Waals surface area contributed by atoms with Gasteiger partial charge in [-0.3, -0.25) is 0 Å². The van der Waals surface area contributed by atoms with Crippen LogP contribution in [-0.2, 0) is 4.79 Å². The van der Waals surface area contributed by atoms with Gasteiger partial charge in [-0.05, 0) is 68.3 Å². The minimum absolute atomic E-state index is 0.379. The van der Waals surface area contributed by atoms with Gasteiger partial charge in [0.2, 0.25) is 0 Å². The van der Waals surface area contributed by atoms with E-state index in [9.17, 15) is 4.79 Å². The molecule has 0 unspecified atom stereocenters. The molecule has 0 spiro atoms. The van der Waals surface area contributed by atoms with Gasteiger partial charge in [0.15, 0.2) is 0 Å². The maximum Gasteiger partial charge on any atom is 0.338 e. The lowest BCUT2D eigenvalue weighted by Crippen LogP contribution is -2.10. The molecule has 0 atom stereocenters. The van der Waals surface area contributed by atoms with E-state index in [0.29, 0.717) is 11.3 Å². The van der Waals surface area contributed by atoms with Gasteiger partial charge in [0, 0.05) is 10.5 Å². The highest BCUT2D eigenvalue weighted by molar-refractivity contribution is 7.99. The highest BCUT2D eigenvalue weighted by Crippen LogP contribution is 2.39. The van der Waals surface area contributed by atoms with Crippen molar-refractivity contribution < 1.29 is 14.3 Å². The fraction of sp³-hybridized carbons (Fsp3) is 0.125. The molecule has 0 aliphatic carbocycles. The van der Waals surface area contributed by atoms with E-state index in [1.54, 1.807) is 18.7 Å². The van der Waals surface area contributed by atoms with Crippen LogP contribution in [0, 0.1) is 13.8 Å². The Kier molecular flexibility index (Phi) is 6.22. The summed E-state index contributed by atoms with van der Waals surface area (Å²) >= 11 is 1.61. The predicted octanol–water partition coefficient (Wildman–Crippen LogP) is 6.73. The Labute approximate surface area is 170 Å². The van der Waals surface area contributed by atoms with Crippen LogP contribution in [0.1, 0.15) is 18.1 Å². The minimum Gasteiger partial charge on any atom is -0.456 e. The van der Waals surface area contributed by atoms with Crippen molar-refractivity contribution in [3.63, 3.8) is 0 Å². The van der Waals surface area contributed by atoms with Crippen molar-refractivity contribution in [2.75, 3.05) is 0 Å². The SMILES string of the molecule is C=C(C)C(=O)Oc1c(C)cc(Sc2ccccc2Oc2ccccc2)cc1C. The second-order valence-corrected chi connectivity index (χ2v) is 7.64. The van der Waals surface area contributed by atoms with Crippen LogP contribution in [-0.4, -0.2) is 5.97 Å². The number of esters is 1. The smallest absolute Gasteiger partial charge is 0.338 e. The van der Waals surface area contributed by atoms with Gasteiger partial charge >= 0.3 is 5.97 Å². The number of rotatable bonds is 6. The first-order valence-electron chi connectivity index (χ1n) is 8.93. The van der Waals surface area contributed by atoms with Gasteiger partial charge in [0.25, 0.3) is 0 Å². The molecule has 3 aromatic carbocycles. The molecule has 3 nitrogen and oxygen atoms in total. The molecule has 0 N–H and O–H groups in total. The molecule has 0 aliphatic rings. The Balaban J connectivity index is 1.85. The molecule has 0 aromatic heterocycles. The van der Waals surface area contributed by atoms with E-state index in [4.69, 9.17) is 9.47 Å². The Morgan fingerprint density at radius 3 is 2.18 bits per heavy atom. The quantitative estimate of drug-likeness (QED) is 0.266. The average molecular weight is 391 g/mol. The third-order valence-corrected chi connectivity index (χ3v) is 5.05. The third-order valence-electron chi connectivity index (χ3n) is 4.03. The summed E-state index contributed by atoms with van der Waals surface area (Å²) in [6, 6.07) is 21.7. The normalized spacial score (nSPS) is 10.4. The van der Waals surface area contributed by atoms with Crippen molar-refractivity contribution in [1.29, 1.82) is 0 Å². The fourth-order valence-electron chi connectivity index (χ4n) is 2.67. The van der Waals surface area contributed by atoms with Gasteiger partial charge in [0.1, 0.15) is 17.2 Å². The van der Waals surface area contributed by atoms with Gasteiger partial charge in [-0.25, -0.2) is 4.79 Å². The molecule has 0 amide bonds.